The maximum atomic E-state index is 13.6. The molecule has 0 fully saturated rings. The van der Waals surface area contributed by atoms with Crippen LogP contribution in [0.3, 0.4) is 0 Å². The number of benzene rings is 2. The fourth-order valence-electron chi connectivity index (χ4n) is 4.33. The lowest BCUT2D eigenvalue weighted by molar-refractivity contribution is -0.143. The minimum Gasteiger partial charge on any atom is -0.465 e. The second-order valence-corrected chi connectivity index (χ2v) is 8.17. The van der Waals surface area contributed by atoms with Crippen LogP contribution in [0.4, 0.5) is 11.6 Å². The van der Waals surface area contributed by atoms with Crippen molar-refractivity contribution in [2.75, 3.05) is 11.6 Å². The van der Waals surface area contributed by atoms with Gasteiger partial charge < -0.3 is 4.74 Å². The molecule has 10 heteroatoms. The summed E-state index contributed by atoms with van der Waals surface area (Å²) >= 11 is 0. The third-order valence-corrected chi connectivity index (χ3v) is 6.00. The minimum atomic E-state index is -0.657. The summed E-state index contributed by atoms with van der Waals surface area (Å²) in [4.78, 5) is 43.5. The van der Waals surface area contributed by atoms with E-state index in [1.807, 2.05) is 67.6 Å². The molecule has 1 unspecified atom stereocenters. The lowest BCUT2D eigenvalue weighted by atomic mass is 10.0. The van der Waals surface area contributed by atoms with E-state index in [-0.39, 0.29) is 23.8 Å². The Morgan fingerprint density at radius 2 is 1.69 bits per heavy atom. The van der Waals surface area contributed by atoms with Gasteiger partial charge in [-0.1, -0.05) is 48.5 Å². The van der Waals surface area contributed by atoms with Gasteiger partial charge in [0, 0.05) is 7.05 Å². The largest absolute Gasteiger partial charge is 0.465 e. The average molecular weight is 473 g/mol. The van der Waals surface area contributed by atoms with Crippen LogP contribution in [0.1, 0.15) is 25.5 Å². The summed E-state index contributed by atoms with van der Waals surface area (Å²) in [6, 6.07) is 18.8. The molecule has 4 aromatic rings. The van der Waals surface area contributed by atoms with E-state index in [4.69, 9.17) is 9.84 Å². The van der Waals surface area contributed by atoms with Crippen molar-refractivity contribution in [3.63, 3.8) is 0 Å². The molecule has 3 heterocycles. The summed E-state index contributed by atoms with van der Waals surface area (Å²) in [7, 11) is 1.53. The molecule has 0 N–H and O–H groups in total. The molecule has 2 aromatic heterocycles. The highest BCUT2D eigenvalue weighted by atomic mass is 16.5. The summed E-state index contributed by atoms with van der Waals surface area (Å²) in [5.41, 5.74) is 1.55. The SMILES string of the molecule is CCOC(=O)Cn1c(=O)c2c(nc3n2C(C)C(c2ccccc2)=NN3c2ccccc2)n(C)c1=O. The average Bonchev–Trinajstić information content (AvgIpc) is 3.28. The number of fused-ring (bicyclic) bond motifs is 3. The Morgan fingerprint density at radius 3 is 2.34 bits per heavy atom. The standard InChI is InChI=1S/C25H24N6O4/c1-4-35-19(32)15-29-23(33)21-22(28(3)25(29)34)26-24-30(21)16(2)20(17-11-7-5-8-12-17)27-31(24)18-13-9-6-10-14-18/h5-14,16H,4,15H2,1-3H3. The van der Waals surface area contributed by atoms with Gasteiger partial charge >= 0.3 is 11.7 Å². The number of aromatic nitrogens is 4. The van der Waals surface area contributed by atoms with Crippen molar-refractivity contribution in [3.05, 3.63) is 87.1 Å². The Labute approximate surface area is 200 Å². The molecule has 178 valence electrons. The van der Waals surface area contributed by atoms with E-state index in [1.54, 1.807) is 16.5 Å². The zero-order valence-corrected chi connectivity index (χ0v) is 19.6. The fourth-order valence-corrected chi connectivity index (χ4v) is 4.33. The molecule has 0 aliphatic carbocycles. The molecule has 1 atom stereocenters. The number of para-hydroxylation sites is 1. The van der Waals surface area contributed by atoms with Crippen molar-refractivity contribution in [2.24, 2.45) is 12.1 Å². The van der Waals surface area contributed by atoms with Gasteiger partial charge in [0.15, 0.2) is 11.2 Å². The predicted octanol–water partition coefficient (Wildman–Crippen LogP) is 2.58. The van der Waals surface area contributed by atoms with Crippen LogP contribution >= 0.6 is 0 Å². The van der Waals surface area contributed by atoms with Crippen molar-refractivity contribution < 1.29 is 9.53 Å². The number of ether oxygens (including phenoxy) is 1. The molecule has 1 aliphatic rings. The highest BCUT2D eigenvalue weighted by molar-refractivity contribution is 6.06. The Kier molecular flexibility index (Phi) is 5.56. The lowest BCUT2D eigenvalue weighted by Crippen LogP contribution is -2.42. The maximum absolute atomic E-state index is 13.6. The van der Waals surface area contributed by atoms with Crippen LogP contribution in [0.2, 0.25) is 0 Å². The molecule has 2 aromatic carbocycles. The van der Waals surface area contributed by atoms with Gasteiger partial charge in [-0.05, 0) is 31.5 Å². The van der Waals surface area contributed by atoms with Gasteiger partial charge in [0.1, 0.15) is 6.54 Å². The molecular weight excluding hydrogens is 448 g/mol. The normalized spacial score (nSPS) is 15.1. The molecule has 0 amide bonds. The van der Waals surface area contributed by atoms with Crippen LogP contribution in [-0.2, 0) is 23.1 Å². The summed E-state index contributed by atoms with van der Waals surface area (Å²) < 4.78 is 8.92. The van der Waals surface area contributed by atoms with Crippen LogP contribution < -0.4 is 16.3 Å². The van der Waals surface area contributed by atoms with Crippen LogP contribution in [0.5, 0.6) is 0 Å². The molecule has 0 radical (unpaired) electrons. The van der Waals surface area contributed by atoms with E-state index in [0.29, 0.717) is 5.95 Å². The topological polar surface area (TPSA) is 104 Å². The monoisotopic (exact) mass is 472 g/mol. The first-order valence-corrected chi connectivity index (χ1v) is 11.3. The number of rotatable bonds is 5. The molecule has 5 rings (SSSR count). The van der Waals surface area contributed by atoms with Crippen molar-refractivity contribution in [2.45, 2.75) is 26.4 Å². The molecule has 0 bridgehead atoms. The number of imidazole rings is 1. The second kappa shape index (κ2) is 8.71. The van der Waals surface area contributed by atoms with Crippen molar-refractivity contribution >= 4 is 34.5 Å². The van der Waals surface area contributed by atoms with Crippen molar-refractivity contribution in [1.29, 1.82) is 0 Å². The van der Waals surface area contributed by atoms with E-state index >= 15 is 0 Å². The number of hydrogen-bond donors (Lipinski definition) is 0. The van der Waals surface area contributed by atoms with Gasteiger partial charge in [-0.15, -0.1) is 0 Å². The highest BCUT2D eigenvalue weighted by Crippen LogP contribution is 2.36. The van der Waals surface area contributed by atoms with Crippen LogP contribution in [0.25, 0.3) is 11.2 Å². The van der Waals surface area contributed by atoms with Gasteiger partial charge in [0.25, 0.3) is 5.56 Å². The first kappa shape index (κ1) is 22.3. The number of hydrazone groups is 1. The molecule has 0 saturated heterocycles. The number of carbonyl (C=O) groups excluding carboxylic acids is 1. The summed E-state index contributed by atoms with van der Waals surface area (Å²) in [6.45, 7) is 3.27. The zero-order chi connectivity index (χ0) is 24.7. The van der Waals surface area contributed by atoms with Gasteiger partial charge in [0.05, 0.1) is 24.0 Å². The number of carbonyl (C=O) groups is 1. The first-order valence-electron chi connectivity index (χ1n) is 11.3. The zero-order valence-electron chi connectivity index (χ0n) is 19.6. The van der Waals surface area contributed by atoms with Gasteiger partial charge in [0.2, 0.25) is 5.95 Å². The molecule has 0 saturated carbocycles. The van der Waals surface area contributed by atoms with E-state index in [1.165, 1.54) is 11.6 Å². The summed E-state index contributed by atoms with van der Waals surface area (Å²) in [5, 5.41) is 6.58. The molecule has 35 heavy (non-hydrogen) atoms. The third-order valence-electron chi connectivity index (χ3n) is 6.00. The third kappa shape index (κ3) is 3.63. The maximum Gasteiger partial charge on any atom is 0.333 e. The first-order chi connectivity index (χ1) is 16.9. The van der Waals surface area contributed by atoms with Gasteiger partial charge in [-0.2, -0.15) is 15.1 Å². The Morgan fingerprint density at radius 1 is 1.03 bits per heavy atom. The number of aryl methyl sites for hydroxylation is 1. The van der Waals surface area contributed by atoms with Crippen LogP contribution in [-0.4, -0.2) is 37.0 Å². The number of hydrogen-bond acceptors (Lipinski definition) is 7. The van der Waals surface area contributed by atoms with E-state index in [9.17, 15) is 14.4 Å². The smallest absolute Gasteiger partial charge is 0.333 e. The fraction of sp³-hybridized carbons (Fsp3) is 0.240. The predicted molar refractivity (Wildman–Crippen MR) is 132 cm³/mol. The molecule has 0 spiro atoms. The molecular formula is C25H24N6O4. The number of esters is 1. The quantitative estimate of drug-likeness (QED) is 0.414. The Balaban J connectivity index is 1.80. The second-order valence-electron chi connectivity index (χ2n) is 8.17. The van der Waals surface area contributed by atoms with E-state index in [0.717, 1.165) is 21.5 Å². The van der Waals surface area contributed by atoms with Crippen LogP contribution in [0.15, 0.2) is 75.4 Å². The van der Waals surface area contributed by atoms with Gasteiger partial charge in [-0.25, -0.2) is 9.36 Å². The Hall–Kier alpha value is -4.47. The number of nitrogens with zero attached hydrogens (tertiary/aromatic N) is 6. The highest BCUT2D eigenvalue weighted by Gasteiger charge is 2.33. The van der Waals surface area contributed by atoms with E-state index < -0.39 is 23.8 Å². The van der Waals surface area contributed by atoms with Crippen LogP contribution in [0, 0.1) is 0 Å². The van der Waals surface area contributed by atoms with Crippen molar-refractivity contribution in [3.8, 4) is 0 Å². The molecule has 10 nitrogen and oxygen atoms in total. The molecule has 1 aliphatic heterocycles. The lowest BCUT2D eigenvalue weighted by Gasteiger charge is -2.30. The summed E-state index contributed by atoms with van der Waals surface area (Å²) in [5.74, 6) is -0.255. The summed E-state index contributed by atoms with van der Waals surface area (Å²) in [6.07, 6.45) is 0. The number of anilines is 2. The van der Waals surface area contributed by atoms with Crippen molar-refractivity contribution in [1.82, 2.24) is 18.7 Å². The van der Waals surface area contributed by atoms with E-state index in [2.05, 4.69) is 4.98 Å². The Bertz CT molecular complexity index is 1570. The minimum absolute atomic E-state index is 0.151. The van der Waals surface area contributed by atoms with Gasteiger partial charge in [-0.3, -0.25) is 18.7 Å².